The third-order valence-electron chi connectivity index (χ3n) is 6.93. The van der Waals surface area contributed by atoms with Crippen molar-refractivity contribution in [2.24, 2.45) is 5.92 Å². The fourth-order valence-electron chi connectivity index (χ4n) is 4.90. The van der Waals surface area contributed by atoms with Crippen LogP contribution < -0.4 is 5.56 Å². The fourth-order valence-corrected chi connectivity index (χ4v) is 4.90. The number of aromatic amines is 1. The number of likely N-dealkylation sites (tertiary alicyclic amines) is 1. The van der Waals surface area contributed by atoms with E-state index < -0.39 is 11.5 Å². The number of piperidine rings is 1. The third kappa shape index (κ3) is 3.89. The first-order valence-corrected chi connectivity index (χ1v) is 11.0. The molecule has 8 heteroatoms. The monoisotopic (exact) mass is 416 g/mol. The molecule has 0 spiro atoms. The van der Waals surface area contributed by atoms with E-state index in [-0.39, 0.29) is 29.8 Å². The molecular weight excluding hydrogens is 384 g/mol. The van der Waals surface area contributed by atoms with Gasteiger partial charge in [0, 0.05) is 44.6 Å². The molecule has 0 bridgehead atoms. The Hall–Kier alpha value is -2.22. The molecule has 1 atom stereocenters. The summed E-state index contributed by atoms with van der Waals surface area (Å²) in [6, 6.07) is 0.407. The number of hydrogen-bond donors (Lipinski definition) is 1. The molecule has 164 valence electrons. The summed E-state index contributed by atoms with van der Waals surface area (Å²) >= 11 is 0. The van der Waals surface area contributed by atoms with Gasteiger partial charge in [-0.1, -0.05) is 0 Å². The number of fused-ring (bicyclic) bond motifs is 1. The molecule has 1 aromatic rings. The second-order valence-corrected chi connectivity index (χ2v) is 9.62. The van der Waals surface area contributed by atoms with Gasteiger partial charge in [0.2, 0.25) is 5.91 Å². The molecule has 0 radical (unpaired) electrons. The van der Waals surface area contributed by atoms with Crippen LogP contribution in [0, 0.1) is 5.92 Å². The Morgan fingerprint density at radius 1 is 1.20 bits per heavy atom. The van der Waals surface area contributed by atoms with Gasteiger partial charge in [-0.2, -0.15) is 0 Å². The van der Waals surface area contributed by atoms with Crippen LogP contribution >= 0.6 is 0 Å². The predicted molar refractivity (Wildman–Crippen MR) is 111 cm³/mol. The summed E-state index contributed by atoms with van der Waals surface area (Å²) in [7, 11) is 0. The van der Waals surface area contributed by atoms with Crippen LogP contribution in [0.5, 0.6) is 0 Å². The molecule has 2 saturated heterocycles. The highest BCUT2D eigenvalue weighted by atomic mass is 16.6. The van der Waals surface area contributed by atoms with Gasteiger partial charge in [-0.15, -0.1) is 0 Å². The van der Waals surface area contributed by atoms with Gasteiger partial charge in [0.05, 0.1) is 23.6 Å². The minimum atomic E-state index is -0.750. The summed E-state index contributed by atoms with van der Waals surface area (Å²) in [5.74, 6) is 0.158. The number of cyclic esters (lactones) is 1. The maximum atomic E-state index is 13.0. The zero-order valence-electron chi connectivity index (χ0n) is 18.4. The van der Waals surface area contributed by atoms with Crippen molar-refractivity contribution in [2.45, 2.75) is 77.5 Å². The second-order valence-electron chi connectivity index (χ2n) is 9.62. The van der Waals surface area contributed by atoms with Crippen LogP contribution in [-0.2, 0) is 27.3 Å². The fraction of sp³-hybridized carbons (Fsp3) is 0.727. The molecular formula is C22H32N4O4. The van der Waals surface area contributed by atoms with Crippen molar-refractivity contribution in [1.29, 1.82) is 0 Å². The van der Waals surface area contributed by atoms with Crippen molar-refractivity contribution in [3.05, 3.63) is 27.4 Å². The maximum absolute atomic E-state index is 13.0. The van der Waals surface area contributed by atoms with Crippen LogP contribution in [0.3, 0.4) is 0 Å². The Morgan fingerprint density at radius 3 is 2.50 bits per heavy atom. The van der Waals surface area contributed by atoms with E-state index in [1.165, 1.54) is 0 Å². The molecule has 3 aliphatic rings. The van der Waals surface area contributed by atoms with Crippen molar-refractivity contribution >= 4 is 11.9 Å². The Morgan fingerprint density at radius 2 is 1.90 bits per heavy atom. The standard InChI is InChI=1S/C22H32N4O4/c1-13(2)26-10-7-17-15(12-26)20(28)24-19(23-17)14-5-8-25(9-6-14)21(29)16-11-18(27)30-22(16,3)4/h13-14,16H,5-12H2,1-4H3,(H,23,24,28). The molecule has 1 N–H and O–H groups in total. The van der Waals surface area contributed by atoms with E-state index in [2.05, 4.69) is 23.7 Å². The Kier molecular flexibility index (Phi) is 5.46. The van der Waals surface area contributed by atoms with E-state index in [1.807, 2.05) is 4.90 Å². The number of carbonyl (C=O) groups excluding carboxylic acids is 2. The summed E-state index contributed by atoms with van der Waals surface area (Å²) in [6.45, 7) is 10.7. The van der Waals surface area contributed by atoms with Gasteiger partial charge >= 0.3 is 5.97 Å². The molecule has 1 aromatic heterocycles. The lowest BCUT2D eigenvalue weighted by Gasteiger charge is -2.35. The third-order valence-corrected chi connectivity index (χ3v) is 6.93. The second kappa shape index (κ2) is 7.80. The van der Waals surface area contributed by atoms with Gasteiger partial charge in [-0.05, 0) is 40.5 Å². The minimum Gasteiger partial charge on any atom is -0.459 e. The van der Waals surface area contributed by atoms with Crippen molar-refractivity contribution in [3.63, 3.8) is 0 Å². The molecule has 4 heterocycles. The van der Waals surface area contributed by atoms with Gasteiger partial charge < -0.3 is 14.6 Å². The van der Waals surface area contributed by atoms with Crippen molar-refractivity contribution in [2.75, 3.05) is 19.6 Å². The van der Waals surface area contributed by atoms with E-state index in [9.17, 15) is 14.4 Å². The van der Waals surface area contributed by atoms with E-state index in [0.29, 0.717) is 25.7 Å². The molecule has 0 aromatic carbocycles. The van der Waals surface area contributed by atoms with Gasteiger partial charge in [-0.3, -0.25) is 19.3 Å². The smallest absolute Gasteiger partial charge is 0.307 e. The summed E-state index contributed by atoms with van der Waals surface area (Å²) in [4.78, 5) is 49.3. The number of carbonyl (C=O) groups is 2. The summed E-state index contributed by atoms with van der Waals surface area (Å²) in [6.07, 6.45) is 2.46. The first kappa shape index (κ1) is 21.0. The Balaban J connectivity index is 1.43. The first-order chi connectivity index (χ1) is 14.2. The van der Waals surface area contributed by atoms with E-state index in [4.69, 9.17) is 9.72 Å². The zero-order chi connectivity index (χ0) is 21.6. The number of esters is 1. The number of nitrogens with one attached hydrogen (secondary N) is 1. The lowest BCUT2D eigenvalue weighted by atomic mass is 9.88. The van der Waals surface area contributed by atoms with Crippen molar-refractivity contribution < 1.29 is 14.3 Å². The number of nitrogens with zero attached hydrogens (tertiary/aromatic N) is 3. The van der Waals surface area contributed by atoms with Gasteiger partial charge in [-0.25, -0.2) is 4.98 Å². The summed E-state index contributed by atoms with van der Waals surface area (Å²) < 4.78 is 5.31. The van der Waals surface area contributed by atoms with Gasteiger partial charge in [0.1, 0.15) is 11.4 Å². The molecule has 8 nitrogen and oxygen atoms in total. The molecule has 0 aliphatic carbocycles. The maximum Gasteiger partial charge on any atom is 0.307 e. The lowest BCUT2D eigenvalue weighted by molar-refractivity contribution is -0.149. The van der Waals surface area contributed by atoms with Gasteiger partial charge in [0.15, 0.2) is 0 Å². The van der Waals surface area contributed by atoms with Crippen LogP contribution in [0.25, 0.3) is 0 Å². The molecule has 1 unspecified atom stereocenters. The largest absolute Gasteiger partial charge is 0.459 e. The van der Waals surface area contributed by atoms with Crippen molar-refractivity contribution in [1.82, 2.24) is 19.8 Å². The number of H-pyrrole nitrogens is 1. The minimum absolute atomic E-state index is 0.00929. The number of aromatic nitrogens is 2. The van der Waals surface area contributed by atoms with Crippen LogP contribution in [0.15, 0.2) is 4.79 Å². The normalized spacial score (nSPS) is 24.8. The quantitative estimate of drug-likeness (QED) is 0.752. The van der Waals surface area contributed by atoms with Crippen molar-refractivity contribution in [3.8, 4) is 0 Å². The number of rotatable bonds is 3. The van der Waals surface area contributed by atoms with Crippen LogP contribution in [-0.4, -0.2) is 62.9 Å². The molecule has 30 heavy (non-hydrogen) atoms. The average molecular weight is 417 g/mol. The number of amides is 1. The van der Waals surface area contributed by atoms with E-state index in [0.717, 1.165) is 42.9 Å². The average Bonchev–Trinajstić information content (AvgIpc) is 2.99. The van der Waals surface area contributed by atoms with Crippen LogP contribution in [0.4, 0.5) is 0 Å². The SMILES string of the molecule is CC(C)N1CCc2nc(C3CCN(C(=O)C4CC(=O)OC4(C)C)CC3)[nH]c(=O)c2C1. The highest BCUT2D eigenvalue weighted by molar-refractivity contribution is 5.87. The predicted octanol–water partition coefficient (Wildman–Crippen LogP) is 1.58. The summed E-state index contributed by atoms with van der Waals surface area (Å²) in [5.41, 5.74) is 0.939. The Labute approximate surface area is 177 Å². The van der Waals surface area contributed by atoms with E-state index in [1.54, 1.807) is 13.8 Å². The molecule has 3 aliphatic heterocycles. The summed E-state index contributed by atoms with van der Waals surface area (Å²) in [5, 5.41) is 0. The molecule has 4 rings (SSSR count). The molecule has 2 fully saturated rings. The highest BCUT2D eigenvalue weighted by Crippen LogP contribution is 2.35. The topological polar surface area (TPSA) is 95.6 Å². The molecule has 1 amide bonds. The van der Waals surface area contributed by atoms with Crippen LogP contribution in [0.1, 0.15) is 70.0 Å². The highest BCUT2D eigenvalue weighted by Gasteiger charge is 2.47. The van der Waals surface area contributed by atoms with E-state index >= 15 is 0 Å². The molecule has 0 saturated carbocycles. The van der Waals surface area contributed by atoms with Crippen LogP contribution in [0.2, 0.25) is 0 Å². The first-order valence-electron chi connectivity index (χ1n) is 11.0. The van der Waals surface area contributed by atoms with Gasteiger partial charge in [0.25, 0.3) is 5.56 Å². The number of hydrogen-bond acceptors (Lipinski definition) is 6. The lowest BCUT2D eigenvalue weighted by Crippen LogP contribution is -2.46. The zero-order valence-corrected chi connectivity index (χ0v) is 18.4. The number of ether oxygens (including phenoxy) is 1. The Bertz CT molecular complexity index is 899.